The molecule has 5 nitrogen and oxygen atoms in total. The molecule has 6 heteroatoms. The molecule has 0 aromatic heterocycles. The molecule has 27 heavy (non-hydrogen) atoms. The van der Waals surface area contributed by atoms with Crippen molar-refractivity contribution in [1.82, 2.24) is 10.6 Å². The van der Waals surface area contributed by atoms with E-state index in [1.807, 2.05) is 0 Å². The van der Waals surface area contributed by atoms with Crippen LogP contribution in [0.2, 0.25) is 0 Å². The van der Waals surface area contributed by atoms with Crippen LogP contribution >= 0.6 is 0 Å². The molecule has 0 aliphatic heterocycles. The molecule has 0 saturated heterocycles. The maximum Gasteiger partial charge on any atom is 0.224 e. The number of amides is 1. The molecule has 4 unspecified atom stereocenters. The molecular formula is C21H39FN4O. The third kappa shape index (κ3) is 5.88. The average molecular weight is 383 g/mol. The van der Waals surface area contributed by atoms with Crippen LogP contribution in [-0.2, 0) is 4.79 Å². The lowest BCUT2D eigenvalue weighted by Crippen LogP contribution is -2.55. The van der Waals surface area contributed by atoms with Crippen LogP contribution in [0.15, 0.2) is 0 Å². The molecule has 3 aliphatic carbocycles. The molecule has 3 saturated carbocycles. The molecule has 3 rings (SSSR count). The molecule has 156 valence electrons. The van der Waals surface area contributed by atoms with Gasteiger partial charge in [-0.25, -0.2) is 4.39 Å². The quantitative estimate of drug-likeness (QED) is 0.567. The summed E-state index contributed by atoms with van der Waals surface area (Å²) in [5.74, 6) is 0.545. The van der Waals surface area contributed by atoms with Crippen molar-refractivity contribution in [2.45, 2.75) is 107 Å². The van der Waals surface area contributed by atoms with E-state index < -0.39 is 6.17 Å². The minimum absolute atomic E-state index is 0.00347. The molecule has 4 atom stereocenters. The third-order valence-electron chi connectivity index (χ3n) is 7.16. The van der Waals surface area contributed by atoms with Gasteiger partial charge >= 0.3 is 0 Å². The molecule has 6 N–H and O–H groups in total. The zero-order valence-electron chi connectivity index (χ0n) is 16.7. The second-order valence-corrected chi connectivity index (χ2v) is 9.14. The monoisotopic (exact) mass is 382 g/mol. The van der Waals surface area contributed by atoms with Crippen LogP contribution < -0.4 is 22.1 Å². The highest BCUT2D eigenvalue weighted by atomic mass is 19.1. The summed E-state index contributed by atoms with van der Waals surface area (Å²) < 4.78 is 13.4. The van der Waals surface area contributed by atoms with E-state index in [1.165, 1.54) is 32.1 Å². The van der Waals surface area contributed by atoms with Gasteiger partial charge in [-0.05, 0) is 63.7 Å². The van der Waals surface area contributed by atoms with E-state index >= 15 is 0 Å². The normalized spacial score (nSPS) is 36.9. The van der Waals surface area contributed by atoms with Crippen LogP contribution in [0, 0.1) is 11.8 Å². The highest BCUT2D eigenvalue weighted by molar-refractivity contribution is 5.79. The highest BCUT2D eigenvalue weighted by Gasteiger charge is 2.38. The van der Waals surface area contributed by atoms with Crippen molar-refractivity contribution in [2.75, 3.05) is 6.54 Å². The smallest absolute Gasteiger partial charge is 0.224 e. The fourth-order valence-corrected chi connectivity index (χ4v) is 5.36. The molecule has 1 amide bonds. The lowest BCUT2D eigenvalue weighted by atomic mass is 9.74. The molecule has 0 radical (unpaired) electrons. The zero-order valence-corrected chi connectivity index (χ0v) is 16.7. The fourth-order valence-electron chi connectivity index (χ4n) is 5.36. The van der Waals surface area contributed by atoms with Crippen LogP contribution in [-0.4, -0.2) is 42.8 Å². The predicted octanol–water partition coefficient (Wildman–Crippen LogP) is 2.38. The fraction of sp³-hybridized carbons (Fsp3) is 0.952. The van der Waals surface area contributed by atoms with Crippen molar-refractivity contribution in [3.05, 3.63) is 0 Å². The molecule has 3 fully saturated rings. The Morgan fingerprint density at radius 3 is 2.33 bits per heavy atom. The van der Waals surface area contributed by atoms with Gasteiger partial charge in [-0.2, -0.15) is 0 Å². The molecule has 0 heterocycles. The Hall–Kier alpha value is -0.720. The standard InChI is InChI=1S/C21H39FN4O/c22-15-7-9-17(10-8-15)26-21(27)18-11-6-14(19(24)13-23)12-20(18)25-16-4-2-1-3-5-16/h14-20,25H,1-13,23-24H2,(H,26,27). The first-order valence-electron chi connectivity index (χ1n) is 11.2. The van der Waals surface area contributed by atoms with Crippen molar-refractivity contribution in [3.63, 3.8) is 0 Å². The van der Waals surface area contributed by atoms with E-state index in [1.54, 1.807) is 0 Å². The van der Waals surface area contributed by atoms with Gasteiger partial charge in [0.25, 0.3) is 0 Å². The summed E-state index contributed by atoms with van der Waals surface area (Å²) in [4.78, 5) is 13.0. The summed E-state index contributed by atoms with van der Waals surface area (Å²) >= 11 is 0. The van der Waals surface area contributed by atoms with Gasteiger partial charge < -0.3 is 22.1 Å². The predicted molar refractivity (Wildman–Crippen MR) is 107 cm³/mol. The van der Waals surface area contributed by atoms with E-state index in [4.69, 9.17) is 11.5 Å². The van der Waals surface area contributed by atoms with Crippen LogP contribution in [0.1, 0.15) is 77.0 Å². The maximum atomic E-state index is 13.4. The second kappa shape index (κ2) is 10.2. The van der Waals surface area contributed by atoms with E-state index in [0.717, 1.165) is 32.1 Å². The number of halogens is 1. The molecule has 0 bridgehead atoms. The Kier molecular flexibility index (Phi) is 7.91. The van der Waals surface area contributed by atoms with Gasteiger partial charge in [0.2, 0.25) is 5.91 Å². The lowest BCUT2D eigenvalue weighted by Gasteiger charge is -2.41. The molecule has 0 spiro atoms. The van der Waals surface area contributed by atoms with E-state index in [-0.39, 0.29) is 30.0 Å². The van der Waals surface area contributed by atoms with Gasteiger partial charge in [-0.3, -0.25) is 4.79 Å². The van der Waals surface area contributed by atoms with Crippen molar-refractivity contribution < 1.29 is 9.18 Å². The zero-order chi connectivity index (χ0) is 19.2. The Morgan fingerprint density at radius 2 is 1.67 bits per heavy atom. The number of rotatable bonds is 6. The number of nitrogens with one attached hydrogen (secondary N) is 2. The number of carbonyl (C=O) groups is 1. The van der Waals surface area contributed by atoms with Crippen LogP contribution in [0.25, 0.3) is 0 Å². The topological polar surface area (TPSA) is 93.2 Å². The van der Waals surface area contributed by atoms with Gasteiger partial charge in [0.15, 0.2) is 0 Å². The van der Waals surface area contributed by atoms with Crippen LogP contribution in [0.3, 0.4) is 0 Å². The number of hydrogen-bond donors (Lipinski definition) is 4. The highest BCUT2D eigenvalue weighted by Crippen LogP contribution is 2.33. The van der Waals surface area contributed by atoms with Gasteiger partial charge in [0.1, 0.15) is 6.17 Å². The van der Waals surface area contributed by atoms with Crippen LogP contribution in [0.4, 0.5) is 4.39 Å². The Morgan fingerprint density at radius 1 is 0.963 bits per heavy atom. The summed E-state index contributed by atoms with van der Waals surface area (Å²) in [7, 11) is 0. The summed E-state index contributed by atoms with van der Waals surface area (Å²) in [5, 5.41) is 7.06. The Bertz CT molecular complexity index is 461. The largest absolute Gasteiger partial charge is 0.353 e. The van der Waals surface area contributed by atoms with E-state index in [2.05, 4.69) is 10.6 Å². The number of nitrogens with two attached hydrogens (primary N) is 2. The first-order chi connectivity index (χ1) is 13.1. The van der Waals surface area contributed by atoms with Crippen molar-refractivity contribution in [2.24, 2.45) is 23.3 Å². The van der Waals surface area contributed by atoms with Gasteiger partial charge in [0.05, 0.1) is 5.92 Å². The molecule has 3 aliphatic rings. The molecule has 0 aromatic carbocycles. The minimum atomic E-state index is -0.688. The van der Waals surface area contributed by atoms with Gasteiger partial charge in [-0.1, -0.05) is 19.3 Å². The number of carbonyl (C=O) groups excluding carboxylic acids is 1. The first-order valence-corrected chi connectivity index (χ1v) is 11.2. The van der Waals surface area contributed by atoms with Gasteiger partial charge in [-0.15, -0.1) is 0 Å². The molecule has 0 aromatic rings. The van der Waals surface area contributed by atoms with Gasteiger partial charge in [0, 0.05) is 30.7 Å². The average Bonchev–Trinajstić information content (AvgIpc) is 2.69. The van der Waals surface area contributed by atoms with Crippen molar-refractivity contribution >= 4 is 5.91 Å². The SMILES string of the molecule is NCC(N)C1CCC(C(=O)NC2CCC(F)CC2)C(NC2CCCCC2)C1. The number of alkyl halides is 1. The Labute approximate surface area is 163 Å². The summed E-state index contributed by atoms with van der Waals surface area (Å²) in [6.45, 7) is 0.504. The summed E-state index contributed by atoms with van der Waals surface area (Å²) in [5.41, 5.74) is 12.0. The van der Waals surface area contributed by atoms with Crippen LogP contribution in [0.5, 0.6) is 0 Å². The lowest BCUT2D eigenvalue weighted by molar-refractivity contribution is -0.128. The maximum absolute atomic E-state index is 13.4. The van der Waals surface area contributed by atoms with Crippen molar-refractivity contribution in [1.29, 1.82) is 0 Å². The Balaban J connectivity index is 1.60. The van der Waals surface area contributed by atoms with E-state index in [9.17, 15) is 9.18 Å². The minimum Gasteiger partial charge on any atom is -0.353 e. The molecular weight excluding hydrogens is 343 g/mol. The second-order valence-electron chi connectivity index (χ2n) is 9.14. The first kappa shape index (κ1) is 21.0. The number of hydrogen-bond acceptors (Lipinski definition) is 4. The van der Waals surface area contributed by atoms with E-state index in [0.29, 0.717) is 31.3 Å². The third-order valence-corrected chi connectivity index (χ3v) is 7.16. The summed E-state index contributed by atoms with van der Waals surface area (Å²) in [6.07, 6.45) is 11.1. The van der Waals surface area contributed by atoms with Crippen molar-refractivity contribution in [3.8, 4) is 0 Å². The summed E-state index contributed by atoms with van der Waals surface area (Å²) in [6, 6.07) is 0.865.